The first-order chi connectivity index (χ1) is 12.8. The normalized spacial score (nSPS) is 11.2. The third-order valence-electron chi connectivity index (χ3n) is 4.14. The number of benzene rings is 2. The van der Waals surface area contributed by atoms with Gasteiger partial charge in [-0.2, -0.15) is 0 Å². The Kier molecular flexibility index (Phi) is 4.88. The van der Waals surface area contributed by atoms with Gasteiger partial charge in [-0.25, -0.2) is 10.1 Å². The van der Waals surface area contributed by atoms with Crippen molar-refractivity contribution in [3.05, 3.63) is 60.2 Å². The van der Waals surface area contributed by atoms with Crippen molar-refractivity contribution in [1.29, 1.82) is 0 Å². The summed E-state index contributed by atoms with van der Waals surface area (Å²) in [6.07, 6.45) is 1.90. The van der Waals surface area contributed by atoms with Crippen molar-refractivity contribution in [2.45, 2.75) is 18.0 Å². The fraction of sp³-hybridized carbons (Fsp3) is 0.211. The van der Waals surface area contributed by atoms with E-state index in [1.54, 1.807) is 0 Å². The molecule has 4 rings (SSSR count). The number of fused-ring (bicyclic) bond motifs is 3. The zero-order valence-corrected chi connectivity index (χ0v) is 15.0. The van der Waals surface area contributed by atoms with Crippen LogP contribution in [0.1, 0.15) is 12.0 Å². The van der Waals surface area contributed by atoms with Crippen LogP contribution in [0.4, 0.5) is 0 Å². The summed E-state index contributed by atoms with van der Waals surface area (Å²) in [5.41, 5.74) is 3.19. The summed E-state index contributed by atoms with van der Waals surface area (Å²) < 4.78 is 1.95. The number of aromatic amines is 1. The molecule has 0 saturated carbocycles. The SMILES string of the molecule is O=C(CSc1n[nH]c2nc3ccccc3n12)NCCCc1ccccc1. The molecule has 0 aliphatic carbocycles. The van der Waals surface area contributed by atoms with Gasteiger partial charge in [0.2, 0.25) is 11.7 Å². The Balaban J connectivity index is 1.30. The maximum absolute atomic E-state index is 12.1. The van der Waals surface area contributed by atoms with Gasteiger partial charge in [0.15, 0.2) is 5.16 Å². The molecule has 1 amide bonds. The first-order valence-electron chi connectivity index (χ1n) is 8.56. The third kappa shape index (κ3) is 3.57. The molecule has 6 nitrogen and oxygen atoms in total. The molecule has 26 heavy (non-hydrogen) atoms. The molecule has 0 spiro atoms. The summed E-state index contributed by atoms with van der Waals surface area (Å²) in [6, 6.07) is 18.2. The minimum atomic E-state index is 0.0173. The topological polar surface area (TPSA) is 75.1 Å². The Bertz CT molecular complexity index is 1020. The summed E-state index contributed by atoms with van der Waals surface area (Å²) in [6.45, 7) is 0.679. The molecule has 0 fully saturated rings. The van der Waals surface area contributed by atoms with Crippen LogP contribution < -0.4 is 5.32 Å². The zero-order valence-electron chi connectivity index (χ0n) is 14.2. The van der Waals surface area contributed by atoms with Crippen LogP contribution in [-0.2, 0) is 11.2 Å². The van der Waals surface area contributed by atoms with E-state index in [0.717, 1.165) is 29.0 Å². The number of aryl methyl sites for hydroxylation is 1. The van der Waals surface area contributed by atoms with E-state index in [9.17, 15) is 4.79 Å². The van der Waals surface area contributed by atoms with Crippen molar-refractivity contribution in [1.82, 2.24) is 24.9 Å². The molecule has 132 valence electrons. The molecular formula is C19H19N5OS. The van der Waals surface area contributed by atoms with Gasteiger partial charge in [-0.1, -0.05) is 54.2 Å². The quantitative estimate of drug-likeness (QED) is 0.390. The van der Waals surface area contributed by atoms with Gasteiger partial charge in [0, 0.05) is 6.54 Å². The summed E-state index contributed by atoms with van der Waals surface area (Å²) in [4.78, 5) is 16.6. The third-order valence-corrected chi connectivity index (χ3v) is 5.08. The molecule has 0 saturated heterocycles. The van der Waals surface area contributed by atoms with Crippen LogP contribution in [0.25, 0.3) is 16.8 Å². The lowest BCUT2D eigenvalue weighted by Gasteiger charge is -2.05. The Morgan fingerprint density at radius 1 is 1.12 bits per heavy atom. The van der Waals surface area contributed by atoms with Gasteiger partial charge in [-0.3, -0.25) is 9.20 Å². The number of aromatic nitrogens is 4. The average molecular weight is 365 g/mol. The average Bonchev–Trinajstić information content (AvgIpc) is 3.24. The number of imidazole rings is 1. The second kappa shape index (κ2) is 7.61. The Labute approximate surface area is 155 Å². The van der Waals surface area contributed by atoms with Crippen LogP contribution in [0.2, 0.25) is 0 Å². The molecule has 4 aromatic rings. The molecule has 0 radical (unpaired) electrons. The van der Waals surface area contributed by atoms with Gasteiger partial charge in [-0.05, 0) is 30.5 Å². The molecule has 2 aromatic carbocycles. The smallest absolute Gasteiger partial charge is 0.231 e. The lowest BCUT2D eigenvalue weighted by Crippen LogP contribution is -2.26. The molecule has 0 aliphatic rings. The van der Waals surface area contributed by atoms with Crippen LogP contribution in [0, 0.1) is 0 Å². The molecule has 0 aliphatic heterocycles. The van der Waals surface area contributed by atoms with Gasteiger partial charge in [-0.15, -0.1) is 5.10 Å². The van der Waals surface area contributed by atoms with Crippen molar-refractivity contribution >= 4 is 34.5 Å². The van der Waals surface area contributed by atoms with Crippen molar-refractivity contribution in [3.8, 4) is 0 Å². The van der Waals surface area contributed by atoms with E-state index in [2.05, 4.69) is 32.6 Å². The number of carbonyl (C=O) groups is 1. The minimum Gasteiger partial charge on any atom is -0.355 e. The molecule has 0 unspecified atom stereocenters. The number of thioether (sulfide) groups is 1. The van der Waals surface area contributed by atoms with Crippen LogP contribution in [0.15, 0.2) is 59.8 Å². The van der Waals surface area contributed by atoms with Crippen molar-refractivity contribution in [2.24, 2.45) is 0 Å². The molecule has 0 bridgehead atoms. The fourth-order valence-corrected chi connectivity index (χ4v) is 3.67. The molecule has 7 heteroatoms. The van der Waals surface area contributed by atoms with Crippen LogP contribution >= 0.6 is 11.8 Å². The number of para-hydroxylation sites is 2. The number of hydrogen-bond donors (Lipinski definition) is 2. The van der Waals surface area contributed by atoms with Crippen LogP contribution in [0.3, 0.4) is 0 Å². The second-order valence-electron chi connectivity index (χ2n) is 5.99. The maximum atomic E-state index is 12.1. The fourth-order valence-electron chi connectivity index (χ4n) is 2.89. The highest BCUT2D eigenvalue weighted by Gasteiger charge is 2.13. The predicted molar refractivity (Wildman–Crippen MR) is 103 cm³/mol. The molecule has 2 aromatic heterocycles. The number of carbonyl (C=O) groups excluding carboxylic acids is 1. The van der Waals surface area contributed by atoms with E-state index in [1.807, 2.05) is 46.9 Å². The number of H-pyrrole nitrogens is 1. The molecule has 2 N–H and O–H groups in total. The van der Waals surface area contributed by atoms with Crippen molar-refractivity contribution in [2.75, 3.05) is 12.3 Å². The first kappa shape index (κ1) is 16.7. The number of hydrogen-bond acceptors (Lipinski definition) is 4. The monoisotopic (exact) mass is 365 g/mol. The highest BCUT2D eigenvalue weighted by atomic mass is 32.2. The largest absolute Gasteiger partial charge is 0.355 e. The Morgan fingerprint density at radius 3 is 2.81 bits per heavy atom. The highest BCUT2D eigenvalue weighted by molar-refractivity contribution is 7.99. The van der Waals surface area contributed by atoms with Crippen molar-refractivity contribution < 1.29 is 4.79 Å². The van der Waals surface area contributed by atoms with E-state index >= 15 is 0 Å². The number of nitrogens with one attached hydrogen (secondary N) is 2. The molecule has 0 atom stereocenters. The highest BCUT2D eigenvalue weighted by Crippen LogP contribution is 2.22. The molecule has 2 heterocycles. The van der Waals surface area contributed by atoms with E-state index in [-0.39, 0.29) is 5.91 Å². The summed E-state index contributed by atoms with van der Waals surface area (Å²) in [5, 5.41) is 10.9. The minimum absolute atomic E-state index is 0.0173. The number of rotatable bonds is 7. The second-order valence-corrected chi connectivity index (χ2v) is 6.94. The number of amides is 1. The van der Waals surface area contributed by atoms with E-state index in [1.165, 1.54) is 17.3 Å². The summed E-state index contributed by atoms with van der Waals surface area (Å²) in [7, 11) is 0. The van der Waals surface area contributed by atoms with Gasteiger partial charge >= 0.3 is 0 Å². The van der Waals surface area contributed by atoms with Crippen molar-refractivity contribution in [3.63, 3.8) is 0 Å². The maximum Gasteiger partial charge on any atom is 0.231 e. The Morgan fingerprint density at radius 2 is 1.92 bits per heavy atom. The van der Waals surface area contributed by atoms with Crippen LogP contribution in [0.5, 0.6) is 0 Å². The lowest BCUT2D eigenvalue weighted by atomic mass is 10.1. The van der Waals surface area contributed by atoms with E-state index in [4.69, 9.17) is 0 Å². The standard InChI is InChI=1S/C19H19N5OS/c25-17(20-12-6-9-14-7-2-1-3-8-14)13-26-19-23-22-18-21-15-10-4-5-11-16(15)24(18)19/h1-5,7-8,10-11H,6,9,12-13H2,(H,20,25)(H,21,22). The first-order valence-corrected chi connectivity index (χ1v) is 9.55. The van der Waals surface area contributed by atoms with Gasteiger partial charge in [0.25, 0.3) is 0 Å². The predicted octanol–water partition coefficient (Wildman–Crippen LogP) is 3.05. The van der Waals surface area contributed by atoms with E-state index in [0.29, 0.717) is 18.1 Å². The van der Waals surface area contributed by atoms with Gasteiger partial charge in [0.05, 0.1) is 16.8 Å². The van der Waals surface area contributed by atoms with Gasteiger partial charge in [0.1, 0.15) is 0 Å². The summed E-state index contributed by atoms with van der Waals surface area (Å²) in [5.74, 6) is 1.04. The molecular weight excluding hydrogens is 346 g/mol. The summed E-state index contributed by atoms with van der Waals surface area (Å²) >= 11 is 1.41. The van der Waals surface area contributed by atoms with E-state index < -0.39 is 0 Å². The Hall–Kier alpha value is -2.80. The van der Waals surface area contributed by atoms with Crippen LogP contribution in [-0.4, -0.2) is 37.8 Å². The number of nitrogens with zero attached hydrogens (tertiary/aromatic N) is 3. The zero-order chi connectivity index (χ0) is 17.8. The van der Waals surface area contributed by atoms with Gasteiger partial charge < -0.3 is 5.32 Å². The lowest BCUT2D eigenvalue weighted by molar-refractivity contribution is -0.118.